The molecule has 2 heterocycles. The van der Waals surface area contributed by atoms with Gasteiger partial charge in [-0.1, -0.05) is 25.2 Å². The number of nitrogens with one attached hydrogen (secondary N) is 1. The van der Waals surface area contributed by atoms with Crippen LogP contribution in [0.5, 0.6) is 0 Å². The van der Waals surface area contributed by atoms with Gasteiger partial charge >= 0.3 is 4.87 Å². The Morgan fingerprint density at radius 1 is 1.23 bits per heavy atom. The van der Waals surface area contributed by atoms with E-state index in [1.807, 2.05) is 32.0 Å². The summed E-state index contributed by atoms with van der Waals surface area (Å²) in [5, 5.41) is 4.05. The van der Waals surface area contributed by atoms with Gasteiger partial charge in [0.15, 0.2) is 0 Å². The van der Waals surface area contributed by atoms with Crippen LogP contribution < -0.4 is 10.2 Å². The Balaban J connectivity index is 1.66. The van der Waals surface area contributed by atoms with Crippen molar-refractivity contribution in [1.29, 1.82) is 0 Å². The number of thiazole rings is 1. The highest BCUT2D eigenvalue weighted by Crippen LogP contribution is 2.21. The van der Waals surface area contributed by atoms with Crippen LogP contribution in [0.25, 0.3) is 10.9 Å². The van der Waals surface area contributed by atoms with Crippen LogP contribution in [0.2, 0.25) is 0 Å². The van der Waals surface area contributed by atoms with Crippen molar-refractivity contribution in [3.63, 3.8) is 0 Å². The molecule has 2 aromatic heterocycles. The molecule has 3 rings (SSSR count). The summed E-state index contributed by atoms with van der Waals surface area (Å²) in [6.07, 6.45) is 2.37. The molecule has 1 aromatic carbocycles. The normalized spacial score (nSPS) is 11.4. The minimum absolute atomic E-state index is 0.000659. The minimum Gasteiger partial charge on any atom is -0.347 e. The van der Waals surface area contributed by atoms with Crippen molar-refractivity contribution >= 4 is 33.8 Å². The van der Waals surface area contributed by atoms with Crippen molar-refractivity contribution in [2.24, 2.45) is 5.92 Å². The summed E-state index contributed by atoms with van der Waals surface area (Å²) in [6.45, 7) is 9.63. The zero-order valence-electron chi connectivity index (χ0n) is 15.7. The van der Waals surface area contributed by atoms with Crippen LogP contribution in [0.1, 0.15) is 30.8 Å². The maximum atomic E-state index is 12.3. The average Bonchev–Trinajstić information content (AvgIpc) is 3.06. The topological polar surface area (TPSA) is 56.0 Å². The zero-order valence-corrected chi connectivity index (χ0v) is 16.5. The third-order valence-corrected chi connectivity index (χ3v) is 5.55. The first-order valence-electron chi connectivity index (χ1n) is 8.90. The molecule has 6 heteroatoms. The first kappa shape index (κ1) is 18.5. The third kappa shape index (κ3) is 3.90. The van der Waals surface area contributed by atoms with Gasteiger partial charge in [0.2, 0.25) is 5.91 Å². The van der Waals surface area contributed by atoms with Crippen LogP contribution in [0.3, 0.4) is 0 Å². The second-order valence-electron chi connectivity index (χ2n) is 7.09. The Kier molecular flexibility index (Phi) is 5.32. The average molecular weight is 372 g/mol. The number of rotatable bonds is 6. The summed E-state index contributed by atoms with van der Waals surface area (Å²) in [5.41, 5.74) is 2.91. The number of nitrogens with zero attached hydrogens (tertiary/aromatic N) is 2. The van der Waals surface area contributed by atoms with E-state index in [0.29, 0.717) is 12.5 Å². The molecule has 0 saturated heterocycles. The molecular formula is C20H25N3O2S. The lowest BCUT2D eigenvalue weighted by atomic mass is 10.2. The lowest BCUT2D eigenvalue weighted by Gasteiger charge is -2.10. The van der Waals surface area contributed by atoms with Crippen molar-refractivity contribution in [2.75, 3.05) is 5.32 Å². The van der Waals surface area contributed by atoms with Gasteiger partial charge in [-0.2, -0.15) is 0 Å². The summed E-state index contributed by atoms with van der Waals surface area (Å²) in [4.78, 5) is 25.2. The van der Waals surface area contributed by atoms with E-state index in [1.54, 1.807) is 4.57 Å². The third-order valence-electron chi connectivity index (χ3n) is 4.55. The number of fused-ring (bicyclic) bond motifs is 1. The number of hydrogen-bond donors (Lipinski definition) is 1. The Labute approximate surface area is 157 Å². The maximum absolute atomic E-state index is 12.3. The van der Waals surface area contributed by atoms with Gasteiger partial charge in [0, 0.05) is 52.9 Å². The SMILES string of the molecule is Cc1sc(=O)n(CCC(=O)Nc2ccc3c(ccn3CC(C)C)c2)c1C. The van der Waals surface area contributed by atoms with E-state index in [1.165, 1.54) is 16.9 Å². The summed E-state index contributed by atoms with van der Waals surface area (Å²) in [5.74, 6) is 0.499. The predicted octanol–water partition coefficient (Wildman–Crippen LogP) is 4.17. The molecular weight excluding hydrogens is 346 g/mol. The fraction of sp³-hybridized carbons (Fsp3) is 0.400. The van der Waals surface area contributed by atoms with E-state index in [0.717, 1.165) is 28.2 Å². The molecule has 0 radical (unpaired) electrons. The Morgan fingerprint density at radius 2 is 2.00 bits per heavy atom. The molecule has 0 aliphatic carbocycles. The van der Waals surface area contributed by atoms with E-state index < -0.39 is 0 Å². The van der Waals surface area contributed by atoms with E-state index >= 15 is 0 Å². The number of aryl methyl sites for hydroxylation is 1. The zero-order chi connectivity index (χ0) is 18.8. The molecule has 0 unspecified atom stereocenters. The van der Waals surface area contributed by atoms with Crippen molar-refractivity contribution in [2.45, 2.75) is 47.2 Å². The lowest BCUT2D eigenvalue weighted by Crippen LogP contribution is -2.20. The number of hydrogen-bond acceptors (Lipinski definition) is 3. The molecule has 0 aliphatic rings. The van der Waals surface area contributed by atoms with Crippen molar-refractivity contribution in [3.8, 4) is 0 Å². The summed E-state index contributed by atoms with van der Waals surface area (Å²) >= 11 is 1.23. The first-order valence-corrected chi connectivity index (χ1v) is 9.72. The van der Waals surface area contributed by atoms with Gasteiger partial charge in [0.1, 0.15) is 0 Å². The van der Waals surface area contributed by atoms with E-state index in [2.05, 4.69) is 36.0 Å². The molecule has 3 aromatic rings. The fourth-order valence-electron chi connectivity index (χ4n) is 3.11. The van der Waals surface area contributed by atoms with Crippen molar-refractivity contribution in [3.05, 3.63) is 50.7 Å². The number of aromatic nitrogens is 2. The fourth-order valence-corrected chi connectivity index (χ4v) is 3.97. The highest BCUT2D eigenvalue weighted by molar-refractivity contribution is 7.09. The van der Waals surface area contributed by atoms with Crippen molar-refractivity contribution < 1.29 is 4.79 Å². The van der Waals surface area contributed by atoms with Gasteiger partial charge < -0.3 is 14.5 Å². The van der Waals surface area contributed by atoms with Crippen LogP contribution in [0.4, 0.5) is 5.69 Å². The Bertz CT molecular complexity index is 994. The van der Waals surface area contributed by atoms with Gasteiger partial charge in [0.05, 0.1) is 0 Å². The number of amides is 1. The van der Waals surface area contributed by atoms with Gasteiger partial charge in [-0.15, -0.1) is 0 Å². The Morgan fingerprint density at radius 3 is 2.65 bits per heavy atom. The quantitative estimate of drug-likeness (QED) is 0.707. The monoisotopic (exact) mass is 371 g/mol. The largest absolute Gasteiger partial charge is 0.347 e. The van der Waals surface area contributed by atoms with Crippen LogP contribution in [-0.4, -0.2) is 15.0 Å². The smallest absolute Gasteiger partial charge is 0.307 e. The number of benzene rings is 1. The van der Waals surface area contributed by atoms with Crippen LogP contribution in [0, 0.1) is 19.8 Å². The highest BCUT2D eigenvalue weighted by Gasteiger charge is 2.10. The number of carbonyl (C=O) groups excluding carboxylic acids is 1. The molecule has 1 amide bonds. The molecule has 0 aliphatic heterocycles. The summed E-state index contributed by atoms with van der Waals surface area (Å²) < 4.78 is 3.91. The number of anilines is 1. The van der Waals surface area contributed by atoms with Gasteiger partial charge in [-0.25, -0.2) is 0 Å². The van der Waals surface area contributed by atoms with Gasteiger partial charge in [0.25, 0.3) is 0 Å². The predicted molar refractivity (Wildman–Crippen MR) is 108 cm³/mol. The summed E-state index contributed by atoms with van der Waals surface area (Å²) in [6, 6.07) is 8.05. The van der Waals surface area contributed by atoms with Crippen molar-refractivity contribution in [1.82, 2.24) is 9.13 Å². The van der Waals surface area contributed by atoms with E-state index in [9.17, 15) is 9.59 Å². The molecule has 1 N–H and O–H groups in total. The van der Waals surface area contributed by atoms with E-state index in [4.69, 9.17) is 0 Å². The lowest BCUT2D eigenvalue weighted by molar-refractivity contribution is -0.116. The highest BCUT2D eigenvalue weighted by atomic mass is 32.1. The molecule has 0 spiro atoms. The number of carbonyl (C=O) groups is 1. The van der Waals surface area contributed by atoms with Crippen LogP contribution >= 0.6 is 11.3 Å². The van der Waals surface area contributed by atoms with Crippen LogP contribution in [0.15, 0.2) is 35.3 Å². The van der Waals surface area contributed by atoms with E-state index in [-0.39, 0.29) is 17.2 Å². The molecule has 0 fully saturated rings. The minimum atomic E-state index is -0.0823. The first-order chi connectivity index (χ1) is 12.3. The van der Waals surface area contributed by atoms with Gasteiger partial charge in [-0.3, -0.25) is 9.59 Å². The maximum Gasteiger partial charge on any atom is 0.307 e. The van der Waals surface area contributed by atoms with Gasteiger partial charge in [-0.05, 0) is 44.0 Å². The second-order valence-corrected chi connectivity index (χ2v) is 8.26. The molecule has 0 atom stereocenters. The molecule has 138 valence electrons. The second kappa shape index (κ2) is 7.50. The van der Waals surface area contributed by atoms with Crippen LogP contribution in [-0.2, 0) is 17.9 Å². The molecule has 5 nitrogen and oxygen atoms in total. The summed E-state index contributed by atoms with van der Waals surface area (Å²) in [7, 11) is 0. The standard InChI is InChI=1S/C20H25N3O2S/c1-13(2)12-22-9-7-16-11-17(5-6-18(16)22)21-19(24)8-10-23-14(3)15(4)26-20(23)25/h5-7,9,11,13H,8,10,12H2,1-4H3,(H,21,24). The molecule has 26 heavy (non-hydrogen) atoms. The Hall–Kier alpha value is -2.34. The molecule has 0 bridgehead atoms. The molecule has 0 saturated carbocycles.